The number of hydrogen-bond acceptors (Lipinski definition) is 3. The summed E-state index contributed by atoms with van der Waals surface area (Å²) in [5, 5.41) is 10.8. The maximum atomic E-state index is 12.3. The van der Waals surface area contributed by atoms with Gasteiger partial charge in [0.05, 0.1) is 5.69 Å². The minimum Gasteiger partial charge on any atom is -0.351 e. The zero-order valence-corrected chi connectivity index (χ0v) is 14.8. The first-order valence-electron chi connectivity index (χ1n) is 8.35. The maximum Gasteiger partial charge on any atom is 0.271 e. The number of hydrogen-bond donors (Lipinski definition) is 2. The number of amides is 1. The minimum absolute atomic E-state index is 0. The van der Waals surface area contributed by atoms with Crippen molar-refractivity contribution in [2.45, 2.75) is 26.2 Å². The quantitative estimate of drug-likeness (QED) is 0.873. The average molecular weight is 349 g/mol. The van der Waals surface area contributed by atoms with Crippen LogP contribution in [0, 0.1) is 12.8 Å². The number of para-hydroxylation sites is 1. The molecule has 1 saturated heterocycles. The zero-order valence-electron chi connectivity index (χ0n) is 14.0. The predicted molar refractivity (Wildman–Crippen MR) is 98.1 cm³/mol. The van der Waals surface area contributed by atoms with Gasteiger partial charge in [-0.05, 0) is 63.4 Å². The van der Waals surface area contributed by atoms with Crippen molar-refractivity contribution in [1.29, 1.82) is 0 Å². The molecule has 6 heteroatoms. The summed E-state index contributed by atoms with van der Waals surface area (Å²) in [6.45, 7) is 4.86. The molecule has 1 aliphatic rings. The van der Waals surface area contributed by atoms with E-state index in [9.17, 15) is 4.79 Å². The van der Waals surface area contributed by atoms with Gasteiger partial charge in [-0.2, -0.15) is 5.10 Å². The average Bonchev–Trinajstić information content (AvgIpc) is 2.98. The second-order valence-electron chi connectivity index (χ2n) is 6.18. The van der Waals surface area contributed by atoms with Gasteiger partial charge in [0.2, 0.25) is 0 Å². The molecular formula is C18H25ClN4O. The molecule has 2 N–H and O–H groups in total. The lowest BCUT2D eigenvalue weighted by molar-refractivity contribution is 0.0945. The van der Waals surface area contributed by atoms with Gasteiger partial charge in [0.25, 0.3) is 5.91 Å². The van der Waals surface area contributed by atoms with Crippen LogP contribution in [0.15, 0.2) is 36.4 Å². The van der Waals surface area contributed by atoms with Gasteiger partial charge in [-0.1, -0.05) is 18.2 Å². The molecule has 24 heavy (non-hydrogen) atoms. The van der Waals surface area contributed by atoms with Gasteiger partial charge < -0.3 is 10.6 Å². The number of halogens is 1. The van der Waals surface area contributed by atoms with Crippen LogP contribution < -0.4 is 10.6 Å². The summed E-state index contributed by atoms with van der Waals surface area (Å²) in [5.41, 5.74) is 2.41. The summed E-state index contributed by atoms with van der Waals surface area (Å²) >= 11 is 0. The fourth-order valence-electron chi connectivity index (χ4n) is 3.07. The summed E-state index contributed by atoms with van der Waals surface area (Å²) in [6, 6.07) is 11.7. The second kappa shape index (κ2) is 8.85. The smallest absolute Gasteiger partial charge is 0.271 e. The number of carbonyl (C=O) groups excluding carboxylic acids is 1. The molecular weight excluding hydrogens is 324 g/mol. The van der Waals surface area contributed by atoms with Crippen LogP contribution in [0.3, 0.4) is 0 Å². The molecule has 3 rings (SSSR count). The Labute approximate surface area is 149 Å². The van der Waals surface area contributed by atoms with E-state index in [-0.39, 0.29) is 18.3 Å². The molecule has 1 amide bonds. The lowest BCUT2D eigenvalue weighted by atomic mass is 9.96. The number of carbonyl (C=O) groups is 1. The Kier molecular flexibility index (Phi) is 6.82. The fourth-order valence-corrected chi connectivity index (χ4v) is 3.07. The van der Waals surface area contributed by atoms with Crippen LogP contribution in [0.2, 0.25) is 0 Å². The van der Waals surface area contributed by atoms with Crippen LogP contribution in [0.4, 0.5) is 0 Å². The second-order valence-corrected chi connectivity index (χ2v) is 6.18. The molecule has 0 radical (unpaired) electrons. The number of aromatic nitrogens is 2. The largest absolute Gasteiger partial charge is 0.351 e. The van der Waals surface area contributed by atoms with E-state index in [4.69, 9.17) is 0 Å². The molecule has 1 aromatic heterocycles. The van der Waals surface area contributed by atoms with Crippen molar-refractivity contribution in [2.24, 2.45) is 5.92 Å². The molecule has 2 heterocycles. The van der Waals surface area contributed by atoms with Crippen LogP contribution >= 0.6 is 12.4 Å². The Morgan fingerprint density at radius 3 is 2.88 bits per heavy atom. The van der Waals surface area contributed by atoms with Crippen molar-refractivity contribution in [1.82, 2.24) is 20.4 Å². The van der Waals surface area contributed by atoms with E-state index in [2.05, 4.69) is 15.7 Å². The van der Waals surface area contributed by atoms with E-state index >= 15 is 0 Å². The number of nitrogens with zero attached hydrogens (tertiary/aromatic N) is 2. The fraction of sp³-hybridized carbons (Fsp3) is 0.444. The van der Waals surface area contributed by atoms with E-state index in [1.807, 2.05) is 43.3 Å². The normalized spacial score (nSPS) is 17.1. The molecule has 0 bridgehead atoms. The highest BCUT2D eigenvalue weighted by Gasteiger charge is 2.15. The summed E-state index contributed by atoms with van der Waals surface area (Å²) < 4.78 is 1.81. The van der Waals surface area contributed by atoms with Gasteiger partial charge in [0.1, 0.15) is 0 Å². The number of aryl methyl sites for hydroxylation is 1. The molecule has 2 aromatic rings. The predicted octanol–water partition coefficient (Wildman–Crippen LogP) is 2.72. The van der Waals surface area contributed by atoms with E-state index < -0.39 is 0 Å². The van der Waals surface area contributed by atoms with Crippen LogP contribution in [-0.2, 0) is 0 Å². The Balaban J connectivity index is 0.00000208. The standard InChI is InChI=1S/C18H24N4O.ClH/c1-14-12-17(21-22(14)16-7-3-2-4-8-16)18(23)20-11-9-15-6-5-10-19-13-15;/h2-4,7-8,12,15,19H,5-6,9-11,13H2,1H3,(H,20,23);1H. The van der Waals surface area contributed by atoms with Crippen LogP contribution in [0.5, 0.6) is 0 Å². The Bertz CT molecular complexity index is 650. The lowest BCUT2D eigenvalue weighted by Gasteiger charge is -2.22. The number of nitrogens with one attached hydrogen (secondary N) is 2. The van der Waals surface area contributed by atoms with Crippen molar-refractivity contribution < 1.29 is 4.79 Å². The van der Waals surface area contributed by atoms with E-state index in [0.717, 1.165) is 30.9 Å². The highest BCUT2D eigenvalue weighted by molar-refractivity contribution is 5.92. The van der Waals surface area contributed by atoms with Gasteiger partial charge >= 0.3 is 0 Å². The molecule has 0 spiro atoms. The molecule has 1 fully saturated rings. The van der Waals surface area contributed by atoms with Gasteiger partial charge in [0.15, 0.2) is 5.69 Å². The van der Waals surface area contributed by atoms with Gasteiger partial charge in [-0.3, -0.25) is 4.79 Å². The molecule has 0 aliphatic carbocycles. The summed E-state index contributed by atoms with van der Waals surface area (Å²) in [6.07, 6.45) is 3.51. The van der Waals surface area contributed by atoms with E-state index in [0.29, 0.717) is 18.2 Å². The van der Waals surface area contributed by atoms with Crippen LogP contribution in [0.25, 0.3) is 5.69 Å². The van der Waals surface area contributed by atoms with Gasteiger partial charge in [0, 0.05) is 12.2 Å². The summed E-state index contributed by atoms with van der Waals surface area (Å²) in [5.74, 6) is 0.583. The Hall–Kier alpha value is -1.85. The third-order valence-electron chi connectivity index (χ3n) is 4.36. The monoisotopic (exact) mass is 348 g/mol. The number of rotatable bonds is 5. The van der Waals surface area contributed by atoms with E-state index in [1.165, 1.54) is 12.8 Å². The van der Waals surface area contributed by atoms with Crippen molar-refractivity contribution >= 4 is 18.3 Å². The SMILES string of the molecule is Cc1cc(C(=O)NCCC2CCCNC2)nn1-c1ccccc1.Cl. The molecule has 5 nitrogen and oxygen atoms in total. The maximum absolute atomic E-state index is 12.3. The van der Waals surface area contributed by atoms with Crippen molar-refractivity contribution in [3.63, 3.8) is 0 Å². The van der Waals surface area contributed by atoms with Crippen molar-refractivity contribution in [2.75, 3.05) is 19.6 Å². The number of benzene rings is 1. The molecule has 0 saturated carbocycles. The first-order chi connectivity index (χ1) is 11.2. The Morgan fingerprint density at radius 1 is 1.38 bits per heavy atom. The third kappa shape index (κ3) is 4.58. The molecule has 1 atom stereocenters. The zero-order chi connectivity index (χ0) is 16.1. The first kappa shape index (κ1) is 18.5. The minimum atomic E-state index is -0.0912. The topological polar surface area (TPSA) is 59.0 Å². The van der Waals surface area contributed by atoms with Crippen molar-refractivity contribution in [3.8, 4) is 5.69 Å². The number of piperidine rings is 1. The van der Waals surface area contributed by atoms with E-state index in [1.54, 1.807) is 4.68 Å². The summed E-state index contributed by atoms with van der Waals surface area (Å²) in [7, 11) is 0. The van der Waals surface area contributed by atoms with Gasteiger partial charge in [-0.25, -0.2) is 4.68 Å². The Morgan fingerprint density at radius 2 is 2.17 bits per heavy atom. The third-order valence-corrected chi connectivity index (χ3v) is 4.36. The lowest BCUT2D eigenvalue weighted by Crippen LogP contribution is -2.33. The van der Waals surface area contributed by atoms with Crippen LogP contribution in [-0.4, -0.2) is 35.3 Å². The highest BCUT2D eigenvalue weighted by atomic mass is 35.5. The molecule has 1 aromatic carbocycles. The molecule has 1 unspecified atom stereocenters. The first-order valence-corrected chi connectivity index (χ1v) is 8.35. The highest BCUT2D eigenvalue weighted by Crippen LogP contribution is 2.14. The van der Waals surface area contributed by atoms with Crippen molar-refractivity contribution in [3.05, 3.63) is 47.8 Å². The molecule has 130 valence electrons. The van der Waals surface area contributed by atoms with Crippen LogP contribution in [0.1, 0.15) is 35.4 Å². The summed E-state index contributed by atoms with van der Waals surface area (Å²) in [4.78, 5) is 12.3. The van der Waals surface area contributed by atoms with Gasteiger partial charge in [-0.15, -0.1) is 12.4 Å². The molecule has 1 aliphatic heterocycles.